The van der Waals surface area contributed by atoms with E-state index in [9.17, 15) is 19.8 Å². The van der Waals surface area contributed by atoms with Gasteiger partial charge in [-0.2, -0.15) is 0 Å². The molecule has 6 heteroatoms. The van der Waals surface area contributed by atoms with E-state index in [0.717, 1.165) is 5.57 Å². The fourth-order valence-electron chi connectivity index (χ4n) is 3.08. The topological polar surface area (TPSA) is 93.1 Å². The number of esters is 2. The second-order valence-corrected chi connectivity index (χ2v) is 6.29. The average Bonchev–Trinajstić information content (AvgIpc) is 2.75. The fraction of sp³-hybridized carbons (Fsp3) is 0.647. The largest absolute Gasteiger partial charge is 0.458 e. The summed E-state index contributed by atoms with van der Waals surface area (Å²) in [5.74, 6) is -1.09. The minimum absolute atomic E-state index is 0.0673. The number of aliphatic hydroxyl groups is 2. The number of rotatable bonds is 2. The summed E-state index contributed by atoms with van der Waals surface area (Å²) >= 11 is 0. The van der Waals surface area contributed by atoms with Crippen LogP contribution in [0.5, 0.6) is 0 Å². The van der Waals surface area contributed by atoms with Gasteiger partial charge in [0, 0.05) is 19.3 Å². The molecule has 0 aromatic carbocycles. The van der Waals surface area contributed by atoms with E-state index in [1.165, 1.54) is 6.92 Å². The Hall–Kier alpha value is -1.66. The molecule has 0 spiro atoms. The maximum atomic E-state index is 11.9. The Morgan fingerprint density at radius 3 is 2.78 bits per heavy atom. The van der Waals surface area contributed by atoms with Crippen molar-refractivity contribution in [3.8, 4) is 0 Å². The van der Waals surface area contributed by atoms with Crippen LogP contribution in [-0.4, -0.2) is 47.1 Å². The fourth-order valence-corrected chi connectivity index (χ4v) is 3.08. The lowest BCUT2D eigenvalue weighted by molar-refractivity contribution is -0.146. The van der Waals surface area contributed by atoms with Crippen LogP contribution in [0, 0.1) is 11.8 Å². The molecule has 1 fully saturated rings. The third-order valence-electron chi connectivity index (χ3n) is 4.65. The van der Waals surface area contributed by atoms with Crippen LogP contribution >= 0.6 is 0 Å². The Balaban J connectivity index is 2.40. The van der Waals surface area contributed by atoms with Crippen LogP contribution in [0.15, 0.2) is 23.3 Å². The first-order chi connectivity index (χ1) is 10.8. The number of carbonyl (C=O) groups excluding carboxylic acids is 2. The minimum Gasteiger partial charge on any atom is -0.458 e. The van der Waals surface area contributed by atoms with Gasteiger partial charge in [-0.3, -0.25) is 9.59 Å². The molecule has 6 nitrogen and oxygen atoms in total. The number of aliphatic hydroxyl groups excluding tert-OH is 2. The van der Waals surface area contributed by atoms with E-state index in [2.05, 4.69) is 0 Å². The van der Waals surface area contributed by atoms with Gasteiger partial charge in [0.2, 0.25) is 0 Å². The predicted octanol–water partition coefficient (Wildman–Crippen LogP) is 1.12. The number of hydrogen-bond donors (Lipinski definition) is 2. The first kappa shape index (κ1) is 17.7. The highest BCUT2D eigenvalue weighted by Gasteiger charge is 2.41. The third kappa shape index (κ3) is 4.00. The van der Waals surface area contributed by atoms with Crippen LogP contribution in [0.4, 0.5) is 0 Å². The van der Waals surface area contributed by atoms with E-state index in [1.807, 2.05) is 13.0 Å². The first-order valence-electron chi connectivity index (χ1n) is 7.87. The molecule has 0 unspecified atom stereocenters. The maximum Gasteiger partial charge on any atom is 0.309 e. The molecule has 0 bridgehead atoms. The summed E-state index contributed by atoms with van der Waals surface area (Å²) in [6, 6.07) is 0. The van der Waals surface area contributed by atoms with Crippen LogP contribution in [0.1, 0.15) is 33.6 Å². The second kappa shape index (κ2) is 7.27. The summed E-state index contributed by atoms with van der Waals surface area (Å²) in [5, 5.41) is 19.9. The summed E-state index contributed by atoms with van der Waals surface area (Å²) in [4.78, 5) is 23.2. The van der Waals surface area contributed by atoms with Crippen molar-refractivity contribution in [2.24, 2.45) is 11.8 Å². The van der Waals surface area contributed by atoms with Gasteiger partial charge >= 0.3 is 11.9 Å². The van der Waals surface area contributed by atoms with Crippen LogP contribution in [-0.2, 0) is 19.1 Å². The van der Waals surface area contributed by atoms with Crippen molar-refractivity contribution in [2.45, 2.75) is 51.9 Å². The zero-order valence-corrected chi connectivity index (χ0v) is 13.7. The smallest absolute Gasteiger partial charge is 0.309 e. The third-order valence-corrected chi connectivity index (χ3v) is 4.65. The zero-order valence-electron chi connectivity index (χ0n) is 13.7. The number of carbonyl (C=O) groups is 2. The zero-order chi connectivity index (χ0) is 17.1. The van der Waals surface area contributed by atoms with Crippen LogP contribution < -0.4 is 0 Å². The van der Waals surface area contributed by atoms with Crippen molar-refractivity contribution < 1.29 is 29.3 Å². The molecule has 0 amide bonds. The molecule has 1 heterocycles. The van der Waals surface area contributed by atoms with Gasteiger partial charge in [-0.25, -0.2) is 0 Å². The molecule has 128 valence electrons. The van der Waals surface area contributed by atoms with Crippen molar-refractivity contribution in [1.82, 2.24) is 0 Å². The SMILES string of the molecule is CC(=O)O[C@H]1C[C@H](O)/C(C)=C\C[C@@H]2[C@H](/C=C\1CO)OC(=O)[C@@H]2C. The predicted molar refractivity (Wildman–Crippen MR) is 82.3 cm³/mol. The highest BCUT2D eigenvalue weighted by atomic mass is 16.6. The highest BCUT2D eigenvalue weighted by Crippen LogP contribution is 2.34. The highest BCUT2D eigenvalue weighted by molar-refractivity contribution is 5.75. The van der Waals surface area contributed by atoms with E-state index < -0.39 is 24.3 Å². The van der Waals surface area contributed by atoms with Gasteiger partial charge in [-0.1, -0.05) is 13.0 Å². The van der Waals surface area contributed by atoms with E-state index in [-0.39, 0.29) is 30.8 Å². The molecule has 2 rings (SSSR count). The van der Waals surface area contributed by atoms with Gasteiger partial charge < -0.3 is 19.7 Å². The van der Waals surface area contributed by atoms with Gasteiger partial charge in [-0.05, 0) is 30.6 Å². The Bertz CT molecular complexity index is 535. The normalized spacial score (nSPS) is 39.3. The molecule has 1 aliphatic carbocycles. The quantitative estimate of drug-likeness (QED) is 0.584. The lowest BCUT2D eigenvalue weighted by Gasteiger charge is -2.26. The number of fused-ring (bicyclic) bond motifs is 1. The Kier molecular flexibility index (Phi) is 5.59. The molecule has 0 aromatic rings. The van der Waals surface area contributed by atoms with Crippen LogP contribution in [0.25, 0.3) is 0 Å². The monoisotopic (exact) mass is 324 g/mol. The van der Waals surface area contributed by atoms with Crippen LogP contribution in [0.3, 0.4) is 0 Å². The Morgan fingerprint density at radius 2 is 2.17 bits per heavy atom. The summed E-state index contributed by atoms with van der Waals surface area (Å²) in [6.07, 6.45) is 2.35. The molecule has 1 aliphatic heterocycles. The molecule has 2 N–H and O–H groups in total. The molecule has 0 radical (unpaired) electrons. The first-order valence-corrected chi connectivity index (χ1v) is 7.87. The number of hydrogen-bond acceptors (Lipinski definition) is 6. The number of ether oxygens (including phenoxy) is 2. The minimum atomic E-state index is -0.779. The van der Waals surface area contributed by atoms with Gasteiger partial charge in [-0.15, -0.1) is 0 Å². The van der Waals surface area contributed by atoms with Crippen LogP contribution in [0.2, 0.25) is 0 Å². The molecule has 5 atom stereocenters. The van der Waals surface area contributed by atoms with Crippen molar-refractivity contribution in [2.75, 3.05) is 6.61 Å². The molecule has 1 saturated heterocycles. The lowest BCUT2D eigenvalue weighted by Crippen LogP contribution is -2.29. The second-order valence-electron chi connectivity index (χ2n) is 6.29. The molecule has 0 saturated carbocycles. The average molecular weight is 324 g/mol. The van der Waals surface area contributed by atoms with E-state index in [1.54, 1.807) is 13.0 Å². The molecule has 2 aliphatic rings. The van der Waals surface area contributed by atoms with Crippen molar-refractivity contribution >= 4 is 11.9 Å². The van der Waals surface area contributed by atoms with E-state index in [0.29, 0.717) is 12.0 Å². The standard InChI is InChI=1S/C17H24O6/c1-9-4-5-13-10(2)17(21)23-16(13)6-12(8-18)15(7-14(9)20)22-11(3)19/h4,6,10,13-16,18,20H,5,7-8H2,1-3H3/b9-4-,12-6-/t10-,13+,14+,15+,16+/m1/s1. The summed E-state index contributed by atoms with van der Waals surface area (Å²) < 4.78 is 10.7. The Morgan fingerprint density at radius 1 is 1.48 bits per heavy atom. The summed E-state index contributed by atoms with van der Waals surface area (Å²) in [5.41, 5.74) is 1.21. The van der Waals surface area contributed by atoms with Gasteiger partial charge in [0.15, 0.2) is 0 Å². The Labute approximate surface area is 135 Å². The van der Waals surface area contributed by atoms with Crippen molar-refractivity contribution in [3.63, 3.8) is 0 Å². The van der Waals surface area contributed by atoms with Gasteiger partial charge in [0.25, 0.3) is 0 Å². The summed E-state index contributed by atoms with van der Waals surface area (Å²) in [6.45, 7) is 4.57. The molecular weight excluding hydrogens is 300 g/mol. The summed E-state index contributed by atoms with van der Waals surface area (Å²) in [7, 11) is 0. The molecular formula is C17H24O6. The van der Waals surface area contributed by atoms with Crippen molar-refractivity contribution in [3.05, 3.63) is 23.3 Å². The molecule has 0 aromatic heterocycles. The van der Waals surface area contributed by atoms with Crippen molar-refractivity contribution in [1.29, 1.82) is 0 Å². The van der Waals surface area contributed by atoms with E-state index >= 15 is 0 Å². The number of allylic oxidation sites excluding steroid dienone is 1. The van der Waals surface area contributed by atoms with E-state index in [4.69, 9.17) is 9.47 Å². The van der Waals surface area contributed by atoms with Gasteiger partial charge in [0.05, 0.1) is 18.6 Å². The van der Waals surface area contributed by atoms with Gasteiger partial charge in [0.1, 0.15) is 12.2 Å². The lowest BCUT2D eigenvalue weighted by atomic mass is 9.85. The maximum absolute atomic E-state index is 11.9. The molecule has 23 heavy (non-hydrogen) atoms.